The number of nitrogens with one attached hydrogen (secondary N) is 1. The van der Waals surface area contributed by atoms with Crippen molar-refractivity contribution in [2.24, 2.45) is 0 Å². The number of hydrogen-bond donors (Lipinski definition) is 1. The van der Waals surface area contributed by atoms with E-state index in [4.69, 9.17) is 21.1 Å². The van der Waals surface area contributed by atoms with E-state index in [1.165, 1.54) is 0 Å². The molecule has 20 heavy (non-hydrogen) atoms. The van der Waals surface area contributed by atoms with Crippen LogP contribution in [0, 0.1) is 0 Å². The van der Waals surface area contributed by atoms with Crippen molar-refractivity contribution in [1.29, 1.82) is 0 Å². The maximum atomic E-state index is 12.5. The van der Waals surface area contributed by atoms with Crippen LogP contribution >= 0.6 is 11.6 Å². The second-order valence-electron chi connectivity index (χ2n) is 4.09. The molecule has 0 aliphatic heterocycles. The summed E-state index contributed by atoms with van der Waals surface area (Å²) in [4.78, 5) is 18.2. The summed E-state index contributed by atoms with van der Waals surface area (Å²) < 4.78 is 10.0. The van der Waals surface area contributed by atoms with Gasteiger partial charge in [0.25, 0.3) is 5.91 Å². The zero-order valence-electron chi connectivity index (χ0n) is 12.0. The van der Waals surface area contributed by atoms with Crippen molar-refractivity contribution in [1.82, 2.24) is 9.88 Å². The molecule has 0 unspecified atom stereocenters. The summed E-state index contributed by atoms with van der Waals surface area (Å²) in [5, 5.41) is 3.15. The highest BCUT2D eigenvalue weighted by molar-refractivity contribution is 6.29. The number of pyridine rings is 1. The fraction of sp³-hybridized carbons (Fsp3) is 0.538. The Morgan fingerprint density at radius 1 is 1.30 bits per heavy atom. The van der Waals surface area contributed by atoms with Gasteiger partial charge in [0.1, 0.15) is 11.0 Å². The lowest BCUT2D eigenvalue weighted by Gasteiger charge is -2.22. The molecule has 112 valence electrons. The summed E-state index contributed by atoms with van der Waals surface area (Å²) in [6.07, 6.45) is 0. The zero-order valence-corrected chi connectivity index (χ0v) is 12.7. The molecule has 0 aliphatic carbocycles. The first-order valence-electron chi connectivity index (χ1n) is 6.24. The highest BCUT2D eigenvalue weighted by Crippen LogP contribution is 2.16. The van der Waals surface area contributed by atoms with Crippen LogP contribution in [-0.2, 0) is 9.47 Å². The largest absolute Gasteiger partial charge is 0.383 e. The average Bonchev–Trinajstić information content (AvgIpc) is 2.46. The van der Waals surface area contributed by atoms with E-state index in [-0.39, 0.29) is 11.1 Å². The van der Waals surface area contributed by atoms with Crippen molar-refractivity contribution in [3.8, 4) is 0 Å². The Balaban J connectivity index is 2.89. The molecule has 1 aromatic rings. The standard InChI is InChI=1S/C13H20ClN3O3/c1-15-12-9-10(8-11(14)16-12)13(18)17(4-6-19-2)5-7-20-3/h8-9H,4-7H2,1-3H3,(H,15,16). The summed E-state index contributed by atoms with van der Waals surface area (Å²) >= 11 is 5.91. The van der Waals surface area contributed by atoms with Gasteiger partial charge in [0.15, 0.2) is 0 Å². The number of amides is 1. The molecule has 7 heteroatoms. The Labute approximate surface area is 124 Å². The molecule has 0 spiro atoms. The molecule has 1 amide bonds. The number of aromatic nitrogens is 1. The Morgan fingerprint density at radius 2 is 1.90 bits per heavy atom. The summed E-state index contributed by atoms with van der Waals surface area (Å²) in [5.74, 6) is 0.430. The third-order valence-corrected chi connectivity index (χ3v) is 2.91. The third-order valence-electron chi connectivity index (χ3n) is 2.72. The number of carbonyl (C=O) groups excluding carboxylic acids is 1. The Hall–Kier alpha value is -1.37. The quantitative estimate of drug-likeness (QED) is 0.738. The monoisotopic (exact) mass is 301 g/mol. The van der Waals surface area contributed by atoms with Crippen molar-refractivity contribution >= 4 is 23.3 Å². The van der Waals surface area contributed by atoms with Crippen LogP contribution in [0.4, 0.5) is 5.82 Å². The van der Waals surface area contributed by atoms with E-state index in [1.54, 1.807) is 38.3 Å². The Morgan fingerprint density at radius 3 is 2.40 bits per heavy atom. The lowest BCUT2D eigenvalue weighted by Crippen LogP contribution is -2.36. The molecule has 0 saturated carbocycles. The number of hydrogen-bond acceptors (Lipinski definition) is 5. The number of halogens is 1. The van der Waals surface area contributed by atoms with Gasteiger partial charge in [-0.1, -0.05) is 11.6 Å². The van der Waals surface area contributed by atoms with Crippen LogP contribution < -0.4 is 5.32 Å². The lowest BCUT2D eigenvalue weighted by atomic mass is 10.2. The van der Waals surface area contributed by atoms with Crippen LogP contribution in [0.25, 0.3) is 0 Å². The number of rotatable bonds is 8. The number of ether oxygens (including phenoxy) is 2. The van der Waals surface area contributed by atoms with Gasteiger partial charge < -0.3 is 19.7 Å². The maximum absolute atomic E-state index is 12.5. The van der Waals surface area contributed by atoms with Crippen molar-refractivity contribution in [2.75, 3.05) is 52.9 Å². The molecule has 0 aromatic carbocycles. The van der Waals surface area contributed by atoms with Crippen molar-refractivity contribution in [2.45, 2.75) is 0 Å². The smallest absolute Gasteiger partial charge is 0.254 e. The Kier molecular flexibility index (Phi) is 7.28. The lowest BCUT2D eigenvalue weighted by molar-refractivity contribution is 0.0627. The molecular formula is C13H20ClN3O3. The van der Waals surface area contributed by atoms with Crippen LogP contribution in [-0.4, -0.2) is 63.4 Å². The van der Waals surface area contributed by atoms with Gasteiger partial charge in [-0.25, -0.2) is 4.98 Å². The molecule has 1 N–H and O–H groups in total. The van der Waals surface area contributed by atoms with Gasteiger partial charge in [0.2, 0.25) is 0 Å². The first-order valence-corrected chi connectivity index (χ1v) is 6.62. The van der Waals surface area contributed by atoms with Crippen molar-refractivity contribution < 1.29 is 14.3 Å². The molecule has 0 saturated heterocycles. The van der Waals surface area contributed by atoms with Crippen LogP contribution in [0.3, 0.4) is 0 Å². The first-order chi connectivity index (χ1) is 9.62. The molecule has 0 aliphatic rings. The summed E-state index contributed by atoms with van der Waals surface area (Å²) in [5.41, 5.74) is 0.488. The zero-order chi connectivity index (χ0) is 15.0. The number of anilines is 1. The van der Waals surface area contributed by atoms with Gasteiger partial charge in [0, 0.05) is 39.9 Å². The van der Waals surface area contributed by atoms with Gasteiger partial charge >= 0.3 is 0 Å². The third kappa shape index (κ3) is 4.96. The molecule has 1 heterocycles. The minimum atomic E-state index is -0.125. The highest BCUT2D eigenvalue weighted by Gasteiger charge is 2.17. The molecule has 6 nitrogen and oxygen atoms in total. The van der Waals surface area contributed by atoms with Gasteiger partial charge in [-0.15, -0.1) is 0 Å². The molecule has 0 atom stereocenters. The van der Waals surface area contributed by atoms with Crippen LogP contribution in [0.1, 0.15) is 10.4 Å². The van der Waals surface area contributed by atoms with Crippen LogP contribution in [0.5, 0.6) is 0 Å². The fourth-order valence-corrected chi connectivity index (χ4v) is 1.86. The number of methoxy groups -OCH3 is 2. The van der Waals surface area contributed by atoms with E-state index in [1.807, 2.05) is 0 Å². The summed E-state index contributed by atoms with van der Waals surface area (Å²) in [6, 6.07) is 3.22. The van der Waals surface area contributed by atoms with E-state index in [2.05, 4.69) is 10.3 Å². The second kappa shape index (κ2) is 8.73. The number of nitrogens with zero attached hydrogens (tertiary/aromatic N) is 2. The highest BCUT2D eigenvalue weighted by atomic mass is 35.5. The van der Waals surface area contributed by atoms with Crippen molar-refractivity contribution in [3.05, 3.63) is 22.8 Å². The Bertz CT molecular complexity index is 435. The SMILES string of the molecule is CNc1cc(C(=O)N(CCOC)CCOC)cc(Cl)n1. The predicted molar refractivity (Wildman–Crippen MR) is 78.4 cm³/mol. The van der Waals surface area contributed by atoms with Gasteiger partial charge in [-0.05, 0) is 12.1 Å². The molecule has 0 bridgehead atoms. The van der Waals surface area contributed by atoms with Crippen molar-refractivity contribution in [3.63, 3.8) is 0 Å². The van der Waals surface area contributed by atoms with Gasteiger partial charge in [-0.2, -0.15) is 0 Å². The molecule has 1 aromatic heterocycles. The van der Waals surface area contributed by atoms with E-state index in [9.17, 15) is 4.79 Å². The maximum Gasteiger partial charge on any atom is 0.254 e. The van der Waals surface area contributed by atoms with E-state index in [0.29, 0.717) is 37.7 Å². The summed E-state index contributed by atoms with van der Waals surface area (Å²) in [6.45, 7) is 1.92. The molecule has 1 rings (SSSR count). The summed E-state index contributed by atoms with van der Waals surface area (Å²) in [7, 11) is 4.92. The minimum Gasteiger partial charge on any atom is -0.383 e. The van der Waals surface area contributed by atoms with Gasteiger partial charge in [0.05, 0.1) is 13.2 Å². The van der Waals surface area contributed by atoms with Gasteiger partial charge in [-0.3, -0.25) is 4.79 Å². The predicted octanol–water partition coefficient (Wildman–Crippen LogP) is 1.51. The van der Waals surface area contributed by atoms with Crippen LogP contribution in [0.2, 0.25) is 5.15 Å². The second-order valence-corrected chi connectivity index (χ2v) is 4.48. The molecular weight excluding hydrogens is 282 g/mol. The van der Waals surface area contributed by atoms with E-state index in [0.717, 1.165) is 0 Å². The average molecular weight is 302 g/mol. The molecule has 0 radical (unpaired) electrons. The minimum absolute atomic E-state index is 0.125. The van der Waals surface area contributed by atoms with E-state index < -0.39 is 0 Å². The normalized spacial score (nSPS) is 10.4. The number of carbonyl (C=O) groups is 1. The first kappa shape index (κ1) is 16.7. The fourth-order valence-electron chi connectivity index (χ4n) is 1.65. The van der Waals surface area contributed by atoms with E-state index >= 15 is 0 Å². The molecule has 0 fully saturated rings. The van der Waals surface area contributed by atoms with Crippen LogP contribution in [0.15, 0.2) is 12.1 Å². The topological polar surface area (TPSA) is 63.7 Å².